The van der Waals surface area contributed by atoms with Crippen LogP contribution in [0.3, 0.4) is 0 Å². The van der Waals surface area contributed by atoms with Crippen LogP contribution >= 0.6 is 0 Å². The van der Waals surface area contributed by atoms with Gasteiger partial charge in [0.05, 0.1) is 10.3 Å². The molecule has 1 saturated heterocycles. The van der Waals surface area contributed by atoms with Gasteiger partial charge in [-0.3, -0.25) is 14.4 Å². The third-order valence-electron chi connectivity index (χ3n) is 5.58. The van der Waals surface area contributed by atoms with E-state index >= 15 is 0 Å². The maximum absolute atomic E-state index is 13.1. The van der Waals surface area contributed by atoms with E-state index in [1.54, 1.807) is 4.90 Å². The molecule has 0 aliphatic carbocycles. The molecule has 0 spiro atoms. The summed E-state index contributed by atoms with van der Waals surface area (Å²) in [5.41, 5.74) is 0.183. The van der Waals surface area contributed by atoms with Crippen molar-refractivity contribution >= 4 is 33.5 Å². The second-order valence-electron chi connectivity index (χ2n) is 7.65. The number of sulfonamides is 1. The summed E-state index contributed by atoms with van der Waals surface area (Å²) in [6, 6.07) is 14.5. The molecule has 3 rings (SSSR count). The number of hydrogen-bond donors (Lipinski definition) is 2. The van der Waals surface area contributed by atoms with Gasteiger partial charge in [0.15, 0.2) is 6.61 Å². The van der Waals surface area contributed by atoms with Gasteiger partial charge in [-0.15, -0.1) is 0 Å². The Bertz CT molecular complexity index is 1090. The Morgan fingerprint density at radius 2 is 1.62 bits per heavy atom. The molecule has 32 heavy (non-hydrogen) atoms. The lowest BCUT2D eigenvalue weighted by Crippen LogP contribution is -2.49. The minimum atomic E-state index is -3.83. The summed E-state index contributed by atoms with van der Waals surface area (Å²) in [6.45, 7) is 1.83. The maximum Gasteiger partial charge on any atom is 0.317 e. The third-order valence-corrected chi connectivity index (χ3v) is 6.51. The summed E-state index contributed by atoms with van der Waals surface area (Å²) >= 11 is 0. The third kappa shape index (κ3) is 5.32. The zero-order chi connectivity index (χ0) is 23.4. The number of esters is 1. The molecule has 9 nitrogen and oxygen atoms in total. The molecular weight excluding hydrogens is 434 g/mol. The lowest BCUT2D eigenvalue weighted by molar-refractivity contribution is -0.156. The zero-order valence-electron chi connectivity index (χ0n) is 17.6. The van der Waals surface area contributed by atoms with Crippen LogP contribution in [0.1, 0.15) is 25.3 Å². The van der Waals surface area contributed by atoms with Crippen molar-refractivity contribution in [1.29, 1.82) is 0 Å². The Balaban J connectivity index is 1.66. The van der Waals surface area contributed by atoms with Gasteiger partial charge in [0.1, 0.15) is 0 Å². The van der Waals surface area contributed by atoms with Gasteiger partial charge in [-0.1, -0.05) is 30.3 Å². The molecule has 2 amide bonds. The van der Waals surface area contributed by atoms with Crippen LogP contribution in [0.4, 0.5) is 5.69 Å². The van der Waals surface area contributed by atoms with Crippen molar-refractivity contribution in [3.05, 3.63) is 60.2 Å². The average molecular weight is 460 g/mol. The lowest BCUT2D eigenvalue weighted by atomic mass is 9.72. The van der Waals surface area contributed by atoms with Gasteiger partial charge in [-0.2, -0.15) is 0 Å². The summed E-state index contributed by atoms with van der Waals surface area (Å²) in [7, 11) is -3.83. The highest BCUT2D eigenvalue weighted by Gasteiger charge is 2.44. The number of benzene rings is 2. The van der Waals surface area contributed by atoms with E-state index in [0.717, 1.165) is 5.56 Å². The second kappa shape index (κ2) is 9.49. The zero-order valence-corrected chi connectivity index (χ0v) is 18.4. The first kappa shape index (κ1) is 23.4. The van der Waals surface area contributed by atoms with Crippen LogP contribution in [0.15, 0.2) is 59.5 Å². The molecule has 0 bridgehead atoms. The molecule has 2 aromatic carbocycles. The van der Waals surface area contributed by atoms with Crippen LogP contribution < -0.4 is 10.5 Å². The predicted molar refractivity (Wildman–Crippen MR) is 117 cm³/mol. The van der Waals surface area contributed by atoms with E-state index in [1.165, 1.54) is 31.2 Å². The van der Waals surface area contributed by atoms with E-state index in [9.17, 15) is 22.8 Å². The quantitative estimate of drug-likeness (QED) is 0.627. The van der Waals surface area contributed by atoms with Crippen molar-refractivity contribution in [2.45, 2.75) is 30.1 Å². The number of ether oxygens (including phenoxy) is 1. The minimum Gasteiger partial charge on any atom is -0.455 e. The van der Waals surface area contributed by atoms with Gasteiger partial charge >= 0.3 is 5.97 Å². The summed E-state index contributed by atoms with van der Waals surface area (Å²) in [4.78, 5) is 38.7. The largest absolute Gasteiger partial charge is 0.455 e. The molecule has 0 atom stereocenters. The molecule has 1 heterocycles. The number of likely N-dealkylation sites (tertiary alicyclic amines) is 1. The first-order valence-electron chi connectivity index (χ1n) is 10.0. The second-order valence-corrected chi connectivity index (χ2v) is 9.21. The van der Waals surface area contributed by atoms with E-state index < -0.39 is 33.9 Å². The standard InChI is InChI=1S/C22H25N3O6S/c1-16(26)25-13-11-22(12-14-25,17-5-3-2-4-6-17)21(28)31-15-20(27)24-18-7-9-19(10-8-18)32(23,29)30/h2-10H,11-15H2,1H3,(H,24,27)(H2,23,29,30). The Morgan fingerprint density at radius 1 is 1.03 bits per heavy atom. The van der Waals surface area contributed by atoms with Crippen molar-refractivity contribution in [1.82, 2.24) is 4.90 Å². The highest BCUT2D eigenvalue weighted by Crippen LogP contribution is 2.37. The first-order chi connectivity index (χ1) is 15.1. The SMILES string of the molecule is CC(=O)N1CCC(C(=O)OCC(=O)Nc2ccc(S(N)(=O)=O)cc2)(c2ccccc2)CC1. The molecule has 2 aromatic rings. The topological polar surface area (TPSA) is 136 Å². The van der Waals surface area contributed by atoms with Crippen LogP contribution in [0.5, 0.6) is 0 Å². The Labute approximate surface area is 186 Å². The smallest absolute Gasteiger partial charge is 0.317 e. The fourth-order valence-corrected chi connectivity index (χ4v) is 4.28. The van der Waals surface area contributed by atoms with Crippen LogP contribution in [-0.4, -0.2) is 50.8 Å². The predicted octanol–water partition coefficient (Wildman–Crippen LogP) is 1.40. The summed E-state index contributed by atoms with van der Waals surface area (Å²) in [6.07, 6.45) is 0.790. The molecule has 0 aromatic heterocycles. The number of anilines is 1. The van der Waals surface area contributed by atoms with Gasteiger partial charge in [-0.25, -0.2) is 13.6 Å². The highest BCUT2D eigenvalue weighted by molar-refractivity contribution is 7.89. The van der Waals surface area contributed by atoms with Gasteiger partial charge < -0.3 is 15.0 Å². The van der Waals surface area contributed by atoms with Gasteiger partial charge in [0.2, 0.25) is 15.9 Å². The number of nitrogens with one attached hydrogen (secondary N) is 1. The number of rotatable bonds is 6. The van der Waals surface area contributed by atoms with Gasteiger partial charge in [-0.05, 0) is 42.7 Å². The minimum absolute atomic E-state index is 0.0483. The molecule has 1 aliphatic rings. The first-order valence-corrected chi connectivity index (χ1v) is 11.6. The van der Waals surface area contributed by atoms with Crippen molar-refractivity contribution in [2.24, 2.45) is 5.14 Å². The lowest BCUT2D eigenvalue weighted by Gasteiger charge is -2.40. The van der Waals surface area contributed by atoms with Crippen molar-refractivity contribution < 1.29 is 27.5 Å². The van der Waals surface area contributed by atoms with E-state index in [4.69, 9.17) is 9.88 Å². The molecule has 0 saturated carbocycles. The molecule has 1 aliphatic heterocycles. The van der Waals surface area contributed by atoms with Crippen molar-refractivity contribution in [3.63, 3.8) is 0 Å². The number of nitrogens with two attached hydrogens (primary N) is 1. The van der Waals surface area contributed by atoms with Gasteiger partial charge in [0.25, 0.3) is 5.91 Å². The Hall–Kier alpha value is -3.24. The summed E-state index contributed by atoms with van der Waals surface area (Å²) < 4.78 is 28.0. The van der Waals surface area contributed by atoms with Gasteiger partial charge in [0, 0.05) is 25.7 Å². The van der Waals surface area contributed by atoms with Crippen LogP contribution in [0.2, 0.25) is 0 Å². The molecule has 0 radical (unpaired) electrons. The molecule has 0 unspecified atom stereocenters. The van der Waals surface area contributed by atoms with E-state index in [1.807, 2.05) is 30.3 Å². The van der Waals surface area contributed by atoms with Crippen LogP contribution in [-0.2, 0) is 34.6 Å². The molecule has 1 fully saturated rings. The normalized spacial score (nSPS) is 15.6. The number of primary sulfonamides is 1. The number of piperidine rings is 1. The fraction of sp³-hybridized carbons (Fsp3) is 0.318. The van der Waals surface area contributed by atoms with Crippen molar-refractivity contribution in [2.75, 3.05) is 25.0 Å². The molecule has 3 N–H and O–H groups in total. The molecular formula is C22H25N3O6S. The monoisotopic (exact) mass is 459 g/mol. The highest BCUT2D eigenvalue weighted by atomic mass is 32.2. The maximum atomic E-state index is 13.1. The van der Waals surface area contributed by atoms with E-state index in [0.29, 0.717) is 31.6 Å². The Kier molecular flexibility index (Phi) is 6.95. The fourth-order valence-electron chi connectivity index (χ4n) is 3.77. The molecule has 170 valence electrons. The number of hydrogen-bond acceptors (Lipinski definition) is 6. The summed E-state index contributed by atoms with van der Waals surface area (Å²) in [5.74, 6) is -1.13. The van der Waals surface area contributed by atoms with E-state index in [-0.39, 0.29) is 10.8 Å². The number of nitrogens with zero attached hydrogens (tertiary/aromatic N) is 1. The number of carbonyl (C=O) groups is 3. The van der Waals surface area contributed by atoms with Crippen LogP contribution in [0, 0.1) is 0 Å². The average Bonchev–Trinajstić information content (AvgIpc) is 2.77. The van der Waals surface area contributed by atoms with E-state index in [2.05, 4.69) is 5.32 Å². The number of carbonyl (C=O) groups excluding carboxylic acids is 3. The van der Waals surface area contributed by atoms with Crippen LogP contribution in [0.25, 0.3) is 0 Å². The number of amides is 2. The Morgan fingerprint density at radius 3 is 2.16 bits per heavy atom. The molecule has 10 heteroatoms. The van der Waals surface area contributed by atoms with Crippen molar-refractivity contribution in [3.8, 4) is 0 Å². The summed E-state index contributed by atoms with van der Waals surface area (Å²) in [5, 5.41) is 7.60.